The molecule has 0 saturated carbocycles. The molecule has 0 unspecified atom stereocenters. The summed E-state index contributed by atoms with van der Waals surface area (Å²) in [6.45, 7) is 1.12. The van der Waals surface area contributed by atoms with E-state index in [0.717, 1.165) is 35.8 Å². The number of hydrogen-bond acceptors (Lipinski definition) is 6. The summed E-state index contributed by atoms with van der Waals surface area (Å²) in [6, 6.07) is 14.0. The molecular weight excluding hydrogens is 386 g/mol. The van der Waals surface area contributed by atoms with E-state index in [2.05, 4.69) is 5.32 Å². The van der Waals surface area contributed by atoms with Crippen LogP contribution in [0.1, 0.15) is 24.5 Å². The predicted octanol–water partition coefficient (Wildman–Crippen LogP) is 3.23. The van der Waals surface area contributed by atoms with Crippen LogP contribution < -0.4 is 15.7 Å². The first-order chi connectivity index (χ1) is 14.5. The molecule has 4 rings (SSSR count). The fourth-order valence-electron chi connectivity index (χ4n) is 3.55. The Bertz CT molecular complexity index is 1150. The monoisotopic (exact) mass is 407 g/mol. The molecule has 1 aromatic heterocycles. The quantitative estimate of drug-likeness (QED) is 0.498. The minimum atomic E-state index is -0.974. The molecule has 0 bridgehead atoms. The van der Waals surface area contributed by atoms with Gasteiger partial charge >= 0.3 is 11.6 Å². The molecule has 3 aromatic rings. The zero-order chi connectivity index (χ0) is 21.1. The van der Waals surface area contributed by atoms with E-state index in [0.29, 0.717) is 17.0 Å². The van der Waals surface area contributed by atoms with Crippen molar-refractivity contribution in [2.24, 2.45) is 0 Å². The second-order valence-corrected chi connectivity index (χ2v) is 7.13. The van der Waals surface area contributed by atoms with E-state index in [4.69, 9.17) is 13.9 Å². The first-order valence-electron chi connectivity index (χ1n) is 9.78. The molecule has 0 fully saturated rings. The molecule has 0 spiro atoms. The number of carbonyl (C=O) groups is 2. The highest BCUT2D eigenvalue weighted by atomic mass is 16.6. The highest BCUT2D eigenvalue weighted by molar-refractivity contribution is 5.95. The molecule has 1 heterocycles. The van der Waals surface area contributed by atoms with Crippen LogP contribution in [-0.2, 0) is 27.2 Å². The molecule has 2 aromatic carbocycles. The molecule has 0 saturated heterocycles. The molecule has 0 aliphatic heterocycles. The van der Waals surface area contributed by atoms with Crippen LogP contribution in [0.4, 0.5) is 5.69 Å². The lowest BCUT2D eigenvalue weighted by molar-refractivity contribution is -0.155. The number of ether oxygens (including phenoxy) is 2. The van der Waals surface area contributed by atoms with E-state index in [1.165, 1.54) is 6.92 Å². The average Bonchev–Trinajstić information content (AvgIpc) is 3.23. The van der Waals surface area contributed by atoms with E-state index in [9.17, 15) is 14.4 Å². The Kier molecular flexibility index (Phi) is 5.52. The number of rotatable bonds is 6. The normalized spacial score (nSPS) is 13.5. The number of hydrogen-bond donors (Lipinski definition) is 1. The Morgan fingerprint density at radius 1 is 1.10 bits per heavy atom. The van der Waals surface area contributed by atoms with Gasteiger partial charge in [-0.25, -0.2) is 9.59 Å². The van der Waals surface area contributed by atoms with E-state index in [1.807, 2.05) is 12.1 Å². The lowest BCUT2D eigenvalue weighted by Crippen LogP contribution is -2.31. The fourth-order valence-corrected chi connectivity index (χ4v) is 3.55. The van der Waals surface area contributed by atoms with Gasteiger partial charge in [-0.1, -0.05) is 18.2 Å². The number of fused-ring (bicyclic) bond motifs is 3. The van der Waals surface area contributed by atoms with Crippen molar-refractivity contribution in [3.05, 3.63) is 70.1 Å². The topological polar surface area (TPSA) is 94.8 Å². The van der Waals surface area contributed by atoms with Gasteiger partial charge in [0.05, 0.1) is 0 Å². The van der Waals surface area contributed by atoms with Crippen LogP contribution in [0.3, 0.4) is 0 Å². The minimum absolute atomic E-state index is 0.315. The van der Waals surface area contributed by atoms with Crippen molar-refractivity contribution in [3.63, 3.8) is 0 Å². The van der Waals surface area contributed by atoms with Crippen molar-refractivity contribution in [2.45, 2.75) is 32.3 Å². The van der Waals surface area contributed by atoms with Crippen LogP contribution in [0.15, 0.2) is 57.7 Å². The second kappa shape index (κ2) is 8.41. The molecule has 0 radical (unpaired) electrons. The van der Waals surface area contributed by atoms with Gasteiger partial charge in [-0.2, -0.15) is 0 Å². The fraction of sp³-hybridized carbons (Fsp3) is 0.261. The van der Waals surface area contributed by atoms with E-state index in [-0.39, 0.29) is 12.2 Å². The summed E-state index contributed by atoms with van der Waals surface area (Å²) in [7, 11) is 0. The van der Waals surface area contributed by atoms with E-state index < -0.39 is 18.0 Å². The number of carbonyl (C=O) groups excluding carboxylic acids is 2. The summed E-state index contributed by atoms with van der Waals surface area (Å²) in [5, 5.41) is 3.56. The van der Waals surface area contributed by atoms with E-state index >= 15 is 0 Å². The maximum absolute atomic E-state index is 12.1. The first kappa shape index (κ1) is 19.7. The van der Waals surface area contributed by atoms with Crippen molar-refractivity contribution in [1.82, 2.24) is 0 Å². The molecule has 7 heteroatoms. The smallest absolute Gasteiger partial charge is 0.344 e. The third kappa shape index (κ3) is 4.20. The van der Waals surface area contributed by atoms with Gasteiger partial charge in [0.1, 0.15) is 11.3 Å². The third-order valence-corrected chi connectivity index (χ3v) is 5.02. The van der Waals surface area contributed by atoms with Crippen molar-refractivity contribution in [1.29, 1.82) is 0 Å². The third-order valence-electron chi connectivity index (χ3n) is 5.02. The summed E-state index contributed by atoms with van der Waals surface area (Å²) >= 11 is 0. The largest absolute Gasteiger partial charge is 0.482 e. The van der Waals surface area contributed by atoms with Crippen LogP contribution in [-0.4, -0.2) is 24.6 Å². The molecular formula is C23H21NO6. The molecule has 7 nitrogen and oxygen atoms in total. The number of amides is 1. The van der Waals surface area contributed by atoms with Gasteiger partial charge in [0.2, 0.25) is 0 Å². The lowest BCUT2D eigenvalue weighted by Gasteiger charge is -2.14. The summed E-state index contributed by atoms with van der Waals surface area (Å²) in [6.07, 6.45) is 1.57. The summed E-state index contributed by atoms with van der Waals surface area (Å²) in [4.78, 5) is 36.3. The number of para-hydroxylation sites is 1. The molecule has 1 amide bonds. The Morgan fingerprint density at radius 2 is 1.87 bits per heavy atom. The highest BCUT2D eigenvalue weighted by Crippen LogP contribution is 2.29. The van der Waals surface area contributed by atoms with Crippen LogP contribution in [0.25, 0.3) is 11.0 Å². The van der Waals surface area contributed by atoms with Gasteiger partial charge in [0.25, 0.3) is 5.91 Å². The van der Waals surface area contributed by atoms with Crippen LogP contribution in [0, 0.1) is 0 Å². The summed E-state index contributed by atoms with van der Waals surface area (Å²) in [5.74, 6) is -0.737. The van der Waals surface area contributed by atoms with Crippen molar-refractivity contribution < 1.29 is 23.5 Å². The average molecular weight is 407 g/mol. The minimum Gasteiger partial charge on any atom is -0.482 e. The molecule has 1 atom stereocenters. The van der Waals surface area contributed by atoms with Gasteiger partial charge in [0.15, 0.2) is 12.7 Å². The Labute approximate surface area is 172 Å². The Morgan fingerprint density at radius 3 is 2.67 bits per heavy atom. The van der Waals surface area contributed by atoms with Gasteiger partial charge in [-0.3, -0.25) is 4.79 Å². The Hall–Kier alpha value is -3.61. The number of anilines is 1. The summed E-state index contributed by atoms with van der Waals surface area (Å²) in [5.41, 5.74) is 2.52. The van der Waals surface area contributed by atoms with Gasteiger partial charge in [0, 0.05) is 22.7 Å². The van der Waals surface area contributed by atoms with Gasteiger partial charge in [-0.05, 0) is 56.0 Å². The van der Waals surface area contributed by atoms with Crippen molar-refractivity contribution in [2.75, 3.05) is 11.9 Å². The molecule has 30 heavy (non-hydrogen) atoms. The molecule has 1 N–H and O–H groups in total. The predicted molar refractivity (Wildman–Crippen MR) is 111 cm³/mol. The zero-order valence-corrected chi connectivity index (χ0v) is 16.5. The number of nitrogens with one attached hydrogen (secondary N) is 1. The van der Waals surface area contributed by atoms with Crippen LogP contribution in [0.5, 0.6) is 5.75 Å². The SMILES string of the molecule is C[C@@H](OC(=O)COc1ccc2c3c(c(=O)oc2c1)CCC3)C(=O)Nc1ccccc1. The van der Waals surface area contributed by atoms with Crippen LogP contribution >= 0.6 is 0 Å². The van der Waals surface area contributed by atoms with Crippen molar-refractivity contribution in [3.8, 4) is 5.75 Å². The zero-order valence-electron chi connectivity index (χ0n) is 16.5. The van der Waals surface area contributed by atoms with Crippen molar-refractivity contribution >= 4 is 28.5 Å². The standard InChI is InChI=1S/C23H21NO6/c1-14(22(26)24-15-6-3-2-4-7-15)29-21(25)13-28-16-10-11-18-17-8-5-9-19(17)23(27)30-20(18)12-16/h2-4,6-7,10-12,14H,5,8-9,13H2,1H3,(H,24,26)/t14-/m1/s1. The first-order valence-corrected chi connectivity index (χ1v) is 9.78. The number of benzene rings is 2. The number of esters is 1. The molecule has 1 aliphatic carbocycles. The summed E-state index contributed by atoms with van der Waals surface area (Å²) < 4.78 is 16.0. The molecule has 1 aliphatic rings. The van der Waals surface area contributed by atoms with Gasteiger partial charge in [-0.15, -0.1) is 0 Å². The maximum atomic E-state index is 12.1. The molecule has 154 valence electrons. The van der Waals surface area contributed by atoms with Crippen LogP contribution in [0.2, 0.25) is 0 Å². The number of aryl methyl sites for hydroxylation is 1. The lowest BCUT2D eigenvalue weighted by atomic mass is 10.1. The Balaban J connectivity index is 1.35. The second-order valence-electron chi connectivity index (χ2n) is 7.13. The van der Waals surface area contributed by atoms with E-state index in [1.54, 1.807) is 36.4 Å². The van der Waals surface area contributed by atoms with Gasteiger partial charge < -0.3 is 19.2 Å². The maximum Gasteiger partial charge on any atom is 0.344 e. The highest BCUT2D eigenvalue weighted by Gasteiger charge is 2.21.